The van der Waals surface area contributed by atoms with Crippen LogP contribution in [0.4, 0.5) is 4.39 Å². The molecule has 8 heteroatoms. The van der Waals surface area contributed by atoms with E-state index in [4.69, 9.17) is 16.1 Å². The second-order valence-corrected chi connectivity index (χ2v) is 5.46. The molecule has 0 aliphatic rings. The molecule has 0 saturated heterocycles. The summed E-state index contributed by atoms with van der Waals surface area (Å²) < 4.78 is 20.2. The van der Waals surface area contributed by atoms with Crippen molar-refractivity contribution in [3.8, 4) is 11.3 Å². The second kappa shape index (κ2) is 5.92. The highest BCUT2D eigenvalue weighted by Crippen LogP contribution is 2.26. The normalized spacial score (nSPS) is 11.0. The molecule has 3 heterocycles. The minimum Gasteiger partial charge on any atom is -0.361 e. The van der Waals surface area contributed by atoms with Gasteiger partial charge >= 0.3 is 0 Å². The van der Waals surface area contributed by atoms with E-state index in [1.54, 1.807) is 13.8 Å². The monoisotopic (exact) mass is 334 g/mol. The van der Waals surface area contributed by atoms with E-state index in [-0.39, 0.29) is 17.1 Å². The van der Waals surface area contributed by atoms with E-state index in [9.17, 15) is 9.18 Å². The quantitative estimate of drug-likeness (QED) is 0.736. The van der Waals surface area contributed by atoms with E-state index in [1.165, 1.54) is 29.2 Å². The van der Waals surface area contributed by atoms with E-state index in [0.717, 1.165) is 0 Å². The first-order valence-corrected chi connectivity index (χ1v) is 7.14. The van der Waals surface area contributed by atoms with Crippen molar-refractivity contribution in [3.05, 3.63) is 62.7 Å². The minimum atomic E-state index is -0.434. The molecular formula is C15H12ClFN4O2. The van der Waals surface area contributed by atoms with Gasteiger partial charge in [-0.15, -0.1) is 0 Å². The lowest BCUT2D eigenvalue weighted by Crippen LogP contribution is -2.22. The highest BCUT2D eigenvalue weighted by Gasteiger charge is 2.17. The SMILES string of the molecule is Cc1ncc(-c2noc(C)c2Cn2ncc(Cl)cc2=O)cc1F. The van der Waals surface area contributed by atoms with Crippen LogP contribution in [0.15, 0.2) is 33.8 Å². The van der Waals surface area contributed by atoms with Gasteiger partial charge in [0.25, 0.3) is 5.56 Å². The van der Waals surface area contributed by atoms with Gasteiger partial charge in [-0.05, 0) is 19.9 Å². The Bertz CT molecular complexity index is 935. The van der Waals surface area contributed by atoms with Crippen LogP contribution in [0.1, 0.15) is 17.0 Å². The fourth-order valence-electron chi connectivity index (χ4n) is 2.12. The first-order chi connectivity index (χ1) is 11.0. The van der Waals surface area contributed by atoms with Gasteiger partial charge in [-0.2, -0.15) is 5.10 Å². The van der Waals surface area contributed by atoms with Crippen molar-refractivity contribution in [2.24, 2.45) is 0 Å². The molecule has 0 fully saturated rings. The maximum Gasteiger partial charge on any atom is 0.268 e. The summed E-state index contributed by atoms with van der Waals surface area (Å²) in [4.78, 5) is 15.9. The van der Waals surface area contributed by atoms with Crippen LogP contribution >= 0.6 is 11.6 Å². The van der Waals surface area contributed by atoms with Crippen molar-refractivity contribution in [3.63, 3.8) is 0 Å². The molecule has 0 bridgehead atoms. The Kier molecular flexibility index (Phi) is 3.96. The number of hydrogen-bond acceptors (Lipinski definition) is 5. The second-order valence-electron chi connectivity index (χ2n) is 5.03. The highest BCUT2D eigenvalue weighted by atomic mass is 35.5. The molecule has 118 valence electrons. The third kappa shape index (κ3) is 3.00. The molecular weight excluding hydrogens is 323 g/mol. The zero-order valence-corrected chi connectivity index (χ0v) is 13.1. The third-order valence-corrected chi connectivity index (χ3v) is 3.63. The van der Waals surface area contributed by atoms with Gasteiger partial charge in [0.15, 0.2) is 0 Å². The van der Waals surface area contributed by atoms with Crippen LogP contribution in [0, 0.1) is 19.7 Å². The molecule has 3 aromatic heterocycles. The van der Waals surface area contributed by atoms with E-state index in [0.29, 0.717) is 28.3 Å². The van der Waals surface area contributed by atoms with Gasteiger partial charge in [0.1, 0.15) is 17.3 Å². The van der Waals surface area contributed by atoms with Crippen molar-refractivity contribution in [1.29, 1.82) is 0 Å². The number of aromatic nitrogens is 4. The number of rotatable bonds is 3. The van der Waals surface area contributed by atoms with Crippen molar-refractivity contribution < 1.29 is 8.91 Å². The molecule has 0 aromatic carbocycles. The predicted molar refractivity (Wildman–Crippen MR) is 81.8 cm³/mol. The maximum absolute atomic E-state index is 13.7. The van der Waals surface area contributed by atoms with Crippen molar-refractivity contribution in [2.45, 2.75) is 20.4 Å². The van der Waals surface area contributed by atoms with Crippen molar-refractivity contribution in [2.75, 3.05) is 0 Å². The lowest BCUT2D eigenvalue weighted by atomic mass is 10.1. The molecule has 0 saturated carbocycles. The summed E-state index contributed by atoms with van der Waals surface area (Å²) in [7, 11) is 0. The summed E-state index contributed by atoms with van der Waals surface area (Å²) in [5, 5.41) is 8.18. The van der Waals surface area contributed by atoms with Crippen LogP contribution in [0.25, 0.3) is 11.3 Å². The molecule has 0 atom stereocenters. The van der Waals surface area contributed by atoms with Crippen LogP contribution in [-0.2, 0) is 6.54 Å². The van der Waals surface area contributed by atoms with E-state index in [1.807, 2.05) is 0 Å². The topological polar surface area (TPSA) is 73.8 Å². The fraction of sp³-hybridized carbons (Fsp3) is 0.200. The fourth-order valence-corrected chi connectivity index (χ4v) is 2.26. The third-order valence-electron chi connectivity index (χ3n) is 3.43. The molecule has 3 rings (SSSR count). The molecule has 0 amide bonds. The molecule has 0 aliphatic carbocycles. The van der Waals surface area contributed by atoms with Gasteiger partial charge in [0, 0.05) is 23.4 Å². The van der Waals surface area contributed by atoms with Crippen LogP contribution in [0.3, 0.4) is 0 Å². The smallest absolute Gasteiger partial charge is 0.268 e. The average molecular weight is 335 g/mol. The minimum absolute atomic E-state index is 0.135. The summed E-state index contributed by atoms with van der Waals surface area (Å²) in [5.41, 5.74) is 1.48. The molecule has 0 unspecified atom stereocenters. The first kappa shape index (κ1) is 15.4. The Morgan fingerprint density at radius 2 is 2.09 bits per heavy atom. The number of hydrogen-bond donors (Lipinski definition) is 0. The van der Waals surface area contributed by atoms with Gasteiger partial charge in [-0.3, -0.25) is 9.78 Å². The molecule has 0 N–H and O–H groups in total. The molecule has 6 nitrogen and oxygen atoms in total. The van der Waals surface area contributed by atoms with E-state index in [2.05, 4.69) is 15.2 Å². The maximum atomic E-state index is 13.7. The van der Waals surface area contributed by atoms with Crippen molar-refractivity contribution >= 4 is 11.6 Å². The summed E-state index contributed by atoms with van der Waals surface area (Å²) >= 11 is 5.73. The lowest BCUT2D eigenvalue weighted by molar-refractivity contribution is 0.397. The number of pyridine rings is 1. The largest absolute Gasteiger partial charge is 0.361 e. The predicted octanol–water partition coefficient (Wildman–Crippen LogP) is 2.75. The summed E-state index contributed by atoms with van der Waals surface area (Å²) in [5.74, 6) is 0.0838. The Hall–Kier alpha value is -2.54. The number of aryl methyl sites for hydroxylation is 2. The standard InChI is InChI=1S/C15H12ClFN4O2/c1-8-13(17)3-10(5-18-8)15-12(9(2)23-20-15)7-21-14(22)4-11(16)6-19-21/h3-6H,7H2,1-2H3. The Labute approximate surface area is 135 Å². The Balaban J connectivity index is 2.05. The number of halogens is 2. The van der Waals surface area contributed by atoms with Gasteiger partial charge < -0.3 is 4.52 Å². The lowest BCUT2D eigenvalue weighted by Gasteiger charge is -2.06. The molecule has 0 radical (unpaired) electrons. The summed E-state index contributed by atoms with van der Waals surface area (Å²) in [6, 6.07) is 2.60. The highest BCUT2D eigenvalue weighted by molar-refractivity contribution is 6.30. The van der Waals surface area contributed by atoms with Crippen LogP contribution in [0.2, 0.25) is 5.02 Å². The summed E-state index contributed by atoms with van der Waals surface area (Å²) in [6.45, 7) is 3.42. The molecule has 0 aliphatic heterocycles. The van der Waals surface area contributed by atoms with Gasteiger partial charge in [0.05, 0.1) is 23.5 Å². The van der Waals surface area contributed by atoms with E-state index >= 15 is 0 Å². The molecule has 23 heavy (non-hydrogen) atoms. The summed E-state index contributed by atoms with van der Waals surface area (Å²) in [6.07, 6.45) is 2.88. The zero-order valence-electron chi connectivity index (χ0n) is 12.4. The zero-order chi connectivity index (χ0) is 16.6. The van der Waals surface area contributed by atoms with Gasteiger partial charge in [0.2, 0.25) is 0 Å². The van der Waals surface area contributed by atoms with Crippen LogP contribution in [0.5, 0.6) is 0 Å². The van der Waals surface area contributed by atoms with Crippen LogP contribution < -0.4 is 5.56 Å². The number of nitrogens with zero attached hydrogens (tertiary/aromatic N) is 4. The Morgan fingerprint density at radius 3 is 2.78 bits per heavy atom. The van der Waals surface area contributed by atoms with Gasteiger partial charge in [-0.1, -0.05) is 16.8 Å². The van der Waals surface area contributed by atoms with Crippen LogP contribution in [-0.4, -0.2) is 19.9 Å². The average Bonchev–Trinajstić information content (AvgIpc) is 2.86. The molecule has 3 aromatic rings. The Morgan fingerprint density at radius 1 is 1.30 bits per heavy atom. The molecule has 0 spiro atoms. The first-order valence-electron chi connectivity index (χ1n) is 6.76. The van der Waals surface area contributed by atoms with Gasteiger partial charge in [-0.25, -0.2) is 9.07 Å². The van der Waals surface area contributed by atoms with E-state index < -0.39 is 5.82 Å². The van der Waals surface area contributed by atoms with Crippen molar-refractivity contribution in [1.82, 2.24) is 19.9 Å².